The minimum atomic E-state index is -3.51. The summed E-state index contributed by atoms with van der Waals surface area (Å²) in [7, 11) is -3.51. The molecule has 98 valence electrons. The van der Waals surface area contributed by atoms with Crippen LogP contribution in [-0.2, 0) is 10.0 Å². The summed E-state index contributed by atoms with van der Waals surface area (Å²) in [5, 5.41) is 0. The van der Waals surface area contributed by atoms with E-state index in [4.69, 9.17) is 0 Å². The van der Waals surface area contributed by atoms with E-state index < -0.39 is 15.8 Å². The van der Waals surface area contributed by atoms with Gasteiger partial charge in [-0.3, -0.25) is 4.79 Å². The van der Waals surface area contributed by atoms with Gasteiger partial charge in [-0.05, 0) is 12.8 Å². The molecule has 1 aliphatic carbocycles. The molecule has 4 nitrogen and oxygen atoms in total. The predicted molar refractivity (Wildman–Crippen MR) is 70.0 cm³/mol. The monoisotopic (exact) mass is 267 g/mol. The third-order valence-electron chi connectivity index (χ3n) is 3.12. The summed E-state index contributed by atoms with van der Waals surface area (Å²) in [4.78, 5) is 11.8. The molecular weight excluding hydrogens is 250 g/mol. The second-order valence-electron chi connectivity index (χ2n) is 4.65. The number of carbonyl (C=O) groups is 1. The number of ketones is 1. The zero-order chi connectivity index (χ0) is 13.0. The van der Waals surface area contributed by atoms with Crippen molar-refractivity contribution in [2.75, 3.05) is 5.75 Å². The van der Waals surface area contributed by atoms with E-state index in [9.17, 15) is 13.2 Å². The van der Waals surface area contributed by atoms with Gasteiger partial charge in [0.1, 0.15) is 5.75 Å². The number of Topliss-reactive ketones (excluding diaryl/α,β-unsaturated/α-hetero) is 1. The minimum absolute atomic E-state index is 0.0126. The van der Waals surface area contributed by atoms with Gasteiger partial charge in [0.15, 0.2) is 5.78 Å². The molecule has 0 spiro atoms. The van der Waals surface area contributed by atoms with Gasteiger partial charge in [0.2, 0.25) is 10.0 Å². The van der Waals surface area contributed by atoms with Crippen LogP contribution in [0.15, 0.2) is 30.3 Å². The molecule has 1 fully saturated rings. The quantitative estimate of drug-likeness (QED) is 0.826. The van der Waals surface area contributed by atoms with Crippen molar-refractivity contribution in [3.8, 4) is 0 Å². The maximum absolute atomic E-state index is 11.8. The van der Waals surface area contributed by atoms with Crippen molar-refractivity contribution in [2.45, 2.75) is 31.7 Å². The lowest BCUT2D eigenvalue weighted by Crippen LogP contribution is -2.36. The van der Waals surface area contributed by atoms with Crippen LogP contribution >= 0.6 is 0 Å². The van der Waals surface area contributed by atoms with Gasteiger partial charge in [0, 0.05) is 11.6 Å². The number of sulfonamides is 1. The fourth-order valence-corrected chi connectivity index (χ4v) is 3.56. The van der Waals surface area contributed by atoms with E-state index in [2.05, 4.69) is 4.72 Å². The Kier molecular flexibility index (Phi) is 4.14. The summed E-state index contributed by atoms with van der Waals surface area (Å²) in [5.41, 5.74) is 0.439. The molecule has 0 unspecified atom stereocenters. The molecule has 1 aromatic rings. The summed E-state index contributed by atoms with van der Waals surface area (Å²) in [5.74, 6) is -0.825. The number of benzene rings is 1. The highest BCUT2D eigenvalue weighted by Crippen LogP contribution is 2.18. The Hall–Kier alpha value is -1.20. The first-order chi connectivity index (χ1) is 8.57. The maximum atomic E-state index is 11.8. The van der Waals surface area contributed by atoms with Crippen LogP contribution < -0.4 is 4.72 Å². The van der Waals surface area contributed by atoms with Gasteiger partial charge in [0.25, 0.3) is 0 Å². The molecule has 0 radical (unpaired) electrons. The third kappa shape index (κ3) is 3.65. The summed E-state index contributed by atoms with van der Waals surface area (Å²) in [6, 6.07) is 8.52. The second-order valence-corrected chi connectivity index (χ2v) is 6.40. The van der Waals surface area contributed by atoms with Gasteiger partial charge in [-0.25, -0.2) is 13.1 Å². The van der Waals surface area contributed by atoms with Crippen molar-refractivity contribution in [1.29, 1.82) is 0 Å². The molecule has 0 saturated heterocycles. The highest BCUT2D eigenvalue weighted by atomic mass is 32.2. The molecular formula is C13H17NO3S. The Morgan fingerprint density at radius 1 is 1.17 bits per heavy atom. The van der Waals surface area contributed by atoms with Crippen LogP contribution in [0, 0.1) is 0 Å². The number of hydrogen-bond donors (Lipinski definition) is 1. The molecule has 0 heterocycles. The van der Waals surface area contributed by atoms with Gasteiger partial charge in [-0.1, -0.05) is 43.2 Å². The van der Waals surface area contributed by atoms with Crippen LogP contribution in [0.5, 0.6) is 0 Å². The molecule has 18 heavy (non-hydrogen) atoms. The lowest BCUT2D eigenvalue weighted by Gasteiger charge is -2.11. The Morgan fingerprint density at radius 3 is 2.39 bits per heavy atom. The van der Waals surface area contributed by atoms with E-state index in [0.717, 1.165) is 25.7 Å². The lowest BCUT2D eigenvalue weighted by molar-refractivity contribution is 0.102. The zero-order valence-electron chi connectivity index (χ0n) is 10.1. The van der Waals surface area contributed by atoms with Gasteiger partial charge in [0.05, 0.1) is 0 Å². The molecule has 1 N–H and O–H groups in total. The highest BCUT2D eigenvalue weighted by Gasteiger charge is 2.23. The molecule has 1 aromatic carbocycles. The SMILES string of the molecule is O=C(CS(=O)(=O)NC1CCCC1)c1ccccc1. The molecule has 5 heteroatoms. The topological polar surface area (TPSA) is 63.2 Å². The van der Waals surface area contributed by atoms with Gasteiger partial charge < -0.3 is 0 Å². The van der Waals surface area contributed by atoms with E-state index in [-0.39, 0.29) is 11.8 Å². The van der Waals surface area contributed by atoms with Crippen molar-refractivity contribution < 1.29 is 13.2 Å². The largest absolute Gasteiger partial charge is 0.293 e. The van der Waals surface area contributed by atoms with Crippen molar-refractivity contribution >= 4 is 15.8 Å². The van der Waals surface area contributed by atoms with E-state index in [1.54, 1.807) is 30.3 Å². The summed E-state index contributed by atoms with van der Waals surface area (Å²) in [6.07, 6.45) is 3.86. The van der Waals surface area contributed by atoms with E-state index in [1.807, 2.05) is 0 Å². The molecule has 0 aliphatic heterocycles. The normalized spacial score (nSPS) is 16.9. The Bertz CT molecular complexity index is 504. The number of hydrogen-bond acceptors (Lipinski definition) is 3. The maximum Gasteiger partial charge on any atom is 0.219 e. The standard InChI is InChI=1S/C13H17NO3S/c15-13(11-6-2-1-3-7-11)10-18(16,17)14-12-8-4-5-9-12/h1-3,6-7,12,14H,4-5,8-10H2. The van der Waals surface area contributed by atoms with Crippen LogP contribution in [0.3, 0.4) is 0 Å². The smallest absolute Gasteiger partial charge is 0.219 e. The molecule has 2 rings (SSSR count). The van der Waals surface area contributed by atoms with Gasteiger partial charge in [-0.15, -0.1) is 0 Å². The first kappa shape index (κ1) is 13.2. The zero-order valence-corrected chi connectivity index (χ0v) is 10.9. The van der Waals surface area contributed by atoms with Crippen LogP contribution in [0.2, 0.25) is 0 Å². The van der Waals surface area contributed by atoms with E-state index >= 15 is 0 Å². The van der Waals surface area contributed by atoms with Crippen molar-refractivity contribution in [1.82, 2.24) is 4.72 Å². The second kappa shape index (κ2) is 5.63. The molecule has 1 aliphatic rings. The molecule has 0 bridgehead atoms. The summed E-state index contributed by atoms with van der Waals surface area (Å²) >= 11 is 0. The average Bonchev–Trinajstić information content (AvgIpc) is 2.81. The first-order valence-corrected chi connectivity index (χ1v) is 7.80. The first-order valence-electron chi connectivity index (χ1n) is 6.15. The van der Waals surface area contributed by atoms with Crippen LogP contribution in [0.25, 0.3) is 0 Å². The van der Waals surface area contributed by atoms with Crippen molar-refractivity contribution in [2.24, 2.45) is 0 Å². The van der Waals surface area contributed by atoms with Crippen LogP contribution in [0.4, 0.5) is 0 Å². The minimum Gasteiger partial charge on any atom is -0.293 e. The fourth-order valence-electron chi connectivity index (χ4n) is 2.22. The lowest BCUT2D eigenvalue weighted by atomic mass is 10.2. The Morgan fingerprint density at radius 2 is 1.78 bits per heavy atom. The molecule has 0 atom stereocenters. The number of rotatable bonds is 5. The Balaban J connectivity index is 1.97. The average molecular weight is 267 g/mol. The van der Waals surface area contributed by atoms with Gasteiger partial charge in [-0.2, -0.15) is 0 Å². The van der Waals surface area contributed by atoms with Crippen LogP contribution in [-0.4, -0.2) is 26.0 Å². The van der Waals surface area contributed by atoms with Crippen molar-refractivity contribution in [3.05, 3.63) is 35.9 Å². The van der Waals surface area contributed by atoms with Gasteiger partial charge >= 0.3 is 0 Å². The fraction of sp³-hybridized carbons (Fsp3) is 0.462. The number of carbonyl (C=O) groups excluding carboxylic acids is 1. The summed E-state index contributed by atoms with van der Waals surface area (Å²) in [6.45, 7) is 0. The number of nitrogens with one attached hydrogen (secondary N) is 1. The molecule has 0 aromatic heterocycles. The predicted octanol–water partition coefficient (Wildman–Crippen LogP) is 1.73. The highest BCUT2D eigenvalue weighted by molar-refractivity contribution is 7.90. The summed E-state index contributed by atoms with van der Waals surface area (Å²) < 4.78 is 26.3. The third-order valence-corrected chi connectivity index (χ3v) is 4.45. The molecule has 0 amide bonds. The van der Waals surface area contributed by atoms with Crippen LogP contribution in [0.1, 0.15) is 36.0 Å². The molecule has 1 saturated carbocycles. The van der Waals surface area contributed by atoms with E-state index in [1.165, 1.54) is 0 Å². The van der Waals surface area contributed by atoms with Crippen molar-refractivity contribution in [3.63, 3.8) is 0 Å². The van der Waals surface area contributed by atoms with E-state index in [0.29, 0.717) is 5.56 Å². The Labute approximate surface area is 107 Å².